The molecule has 0 unspecified atom stereocenters. The topological polar surface area (TPSA) is 75.7 Å². The molecule has 0 aliphatic rings. The van der Waals surface area contributed by atoms with Gasteiger partial charge >= 0.3 is 0 Å². The van der Waals surface area contributed by atoms with E-state index in [1.165, 1.54) is 7.11 Å². The third-order valence-corrected chi connectivity index (χ3v) is 5.31. The Morgan fingerprint density at radius 1 is 1.12 bits per heavy atom. The first kappa shape index (κ1) is 19.8. The molecule has 0 saturated heterocycles. The second-order valence-electron chi connectivity index (χ2n) is 6.24. The van der Waals surface area contributed by atoms with E-state index in [1.54, 1.807) is 31.2 Å². The van der Waals surface area contributed by atoms with Crippen molar-refractivity contribution in [3.05, 3.63) is 53.6 Å². The van der Waals surface area contributed by atoms with Gasteiger partial charge in [-0.05, 0) is 62.2 Å². The second-order valence-corrected chi connectivity index (χ2v) is 8.10. The van der Waals surface area contributed by atoms with E-state index in [1.807, 2.05) is 32.0 Å². The highest BCUT2D eigenvalue weighted by atomic mass is 32.2. The van der Waals surface area contributed by atoms with Crippen molar-refractivity contribution in [3.63, 3.8) is 0 Å². The van der Waals surface area contributed by atoms with Gasteiger partial charge in [-0.2, -0.15) is 0 Å². The first-order valence-corrected chi connectivity index (χ1v) is 10.00. The molecule has 26 heavy (non-hydrogen) atoms. The molecule has 2 rings (SSSR count). The number of ether oxygens (including phenoxy) is 1. The molecular weight excluding hydrogens is 352 g/mol. The summed E-state index contributed by atoms with van der Waals surface area (Å²) >= 11 is 0. The summed E-state index contributed by atoms with van der Waals surface area (Å²) in [5.41, 5.74) is 2.99. The van der Waals surface area contributed by atoms with Crippen LogP contribution < -0.4 is 14.4 Å². The van der Waals surface area contributed by atoms with E-state index in [2.05, 4.69) is 5.32 Å². The first-order chi connectivity index (χ1) is 12.1. The molecule has 0 bridgehead atoms. The molecule has 0 aliphatic carbocycles. The zero-order valence-corrected chi connectivity index (χ0v) is 16.4. The van der Waals surface area contributed by atoms with Crippen LogP contribution in [-0.4, -0.2) is 33.7 Å². The van der Waals surface area contributed by atoms with E-state index < -0.39 is 22.0 Å². The number of methoxy groups -OCH3 is 1. The van der Waals surface area contributed by atoms with Gasteiger partial charge < -0.3 is 10.1 Å². The molecule has 1 atom stereocenters. The summed E-state index contributed by atoms with van der Waals surface area (Å²) in [6.45, 7) is 5.38. The Bertz CT molecular complexity index is 892. The normalized spacial score (nSPS) is 12.3. The summed E-state index contributed by atoms with van der Waals surface area (Å²) in [5.74, 6) is 0.203. The molecule has 7 heteroatoms. The molecule has 0 radical (unpaired) electrons. The Morgan fingerprint density at radius 2 is 1.73 bits per heavy atom. The molecule has 0 fully saturated rings. The average Bonchev–Trinajstić information content (AvgIpc) is 2.57. The van der Waals surface area contributed by atoms with Crippen LogP contribution in [-0.2, 0) is 14.8 Å². The Labute approximate surface area is 154 Å². The zero-order valence-electron chi connectivity index (χ0n) is 15.6. The monoisotopic (exact) mass is 376 g/mol. The molecule has 1 amide bonds. The minimum atomic E-state index is -3.66. The molecule has 2 aromatic carbocycles. The lowest BCUT2D eigenvalue weighted by molar-refractivity contribution is -0.116. The van der Waals surface area contributed by atoms with E-state index >= 15 is 0 Å². The van der Waals surface area contributed by atoms with Crippen LogP contribution in [0.1, 0.15) is 18.1 Å². The molecule has 0 aliphatic heterocycles. The maximum atomic E-state index is 12.7. The third kappa shape index (κ3) is 4.54. The predicted molar refractivity (Wildman–Crippen MR) is 104 cm³/mol. The molecule has 6 nitrogen and oxygen atoms in total. The molecule has 2 aromatic rings. The van der Waals surface area contributed by atoms with Crippen LogP contribution in [0.3, 0.4) is 0 Å². The lowest BCUT2D eigenvalue weighted by atomic mass is 10.1. The SMILES string of the molecule is COc1ccc(N([C@H](C)C(=O)Nc2cc(C)ccc2C)S(C)(=O)=O)cc1. The van der Waals surface area contributed by atoms with Crippen molar-refractivity contribution >= 4 is 27.3 Å². The van der Waals surface area contributed by atoms with Gasteiger partial charge in [0.2, 0.25) is 15.9 Å². The number of benzene rings is 2. The standard InChI is InChI=1S/C19H24N2O4S/c1-13-6-7-14(2)18(12-13)20-19(22)15(3)21(26(5,23)24)16-8-10-17(25-4)11-9-16/h6-12,15H,1-5H3,(H,20,22)/t15-/m1/s1. The summed E-state index contributed by atoms with van der Waals surface area (Å²) in [5, 5.41) is 2.83. The number of aryl methyl sites for hydroxylation is 2. The summed E-state index contributed by atoms with van der Waals surface area (Å²) in [6.07, 6.45) is 1.08. The van der Waals surface area contributed by atoms with Crippen LogP contribution >= 0.6 is 0 Å². The highest BCUT2D eigenvalue weighted by molar-refractivity contribution is 7.92. The maximum Gasteiger partial charge on any atom is 0.248 e. The fourth-order valence-electron chi connectivity index (χ4n) is 2.65. The second kappa shape index (κ2) is 7.78. The zero-order chi connectivity index (χ0) is 19.5. The van der Waals surface area contributed by atoms with Crippen molar-refractivity contribution < 1.29 is 17.9 Å². The lowest BCUT2D eigenvalue weighted by Gasteiger charge is -2.28. The van der Waals surface area contributed by atoms with Gasteiger partial charge in [-0.1, -0.05) is 12.1 Å². The molecule has 0 heterocycles. The van der Waals surface area contributed by atoms with Crippen LogP contribution in [0, 0.1) is 13.8 Å². The number of carbonyl (C=O) groups excluding carboxylic acids is 1. The van der Waals surface area contributed by atoms with Crippen molar-refractivity contribution in [1.29, 1.82) is 0 Å². The number of amides is 1. The van der Waals surface area contributed by atoms with Crippen LogP contribution in [0.2, 0.25) is 0 Å². The molecule has 0 saturated carbocycles. The quantitative estimate of drug-likeness (QED) is 0.840. The number of carbonyl (C=O) groups is 1. The van der Waals surface area contributed by atoms with Gasteiger partial charge in [-0.15, -0.1) is 0 Å². The number of hydrogen-bond donors (Lipinski definition) is 1. The molecular formula is C19H24N2O4S. The summed E-state index contributed by atoms with van der Waals surface area (Å²) in [6, 6.07) is 11.3. The number of nitrogens with zero attached hydrogens (tertiary/aromatic N) is 1. The lowest BCUT2D eigenvalue weighted by Crippen LogP contribution is -2.45. The van der Waals surface area contributed by atoms with Gasteiger partial charge in [0, 0.05) is 5.69 Å². The van der Waals surface area contributed by atoms with E-state index in [0.29, 0.717) is 17.1 Å². The smallest absolute Gasteiger partial charge is 0.248 e. The van der Waals surface area contributed by atoms with Crippen molar-refractivity contribution in [2.45, 2.75) is 26.8 Å². The highest BCUT2D eigenvalue weighted by Gasteiger charge is 2.29. The number of hydrogen-bond acceptors (Lipinski definition) is 4. The molecule has 0 spiro atoms. The predicted octanol–water partition coefficient (Wildman–Crippen LogP) is 3.11. The Morgan fingerprint density at radius 3 is 2.27 bits per heavy atom. The fraction of sp³-hybridized carbons (Fsp3) is 0.316. The van der Waals surface area contributed by atoms with Crippen molar-refractivity contribution in [1.82, 2.24) is 0 Å². The molecule has 140 valence electrons. The average molecular weight is 376 g/mol. The maximum absolute atomic E-state index is 12.7. The summed E-state index contributed by atoms with van der Waals surface area (Å²) in [4.78, 5) is 12.7. The van der Waals surface area contributed by atoms with Gasteiger partial charge in [0.05, 0.1) is 19.1 Å². The summed E-state index contributed by atoms with van der Waals surface area (Å²) in [7, 11) is -2.13. The number of nitrogens with one attached hydrogen (secondary N) is 1. The highest BCUT2D eigenvalue weighted by Crippen LogP contribution is 2.25. The Balaban J connectivity index is 2.32. The summed E-state index contributed by atoms with van der Waals surface area (Å²) < 4.78 is 30.8. The minimum absolute atomic E-state index is 0.400. The van der Waals surface area contributed by atoms with Crippen LogP contribution in [0.15, 0.2) is 42.5 Å². The Hall–Kier alpha value is -2.54. The van der Waals surface area contributed by atoms with E-state index in [-0.39, 0.29) is 0 Å². The van der Waals surface area contributed by atoms with Crippen LogP contribution in [0.25, 0.3) is 0 Å². The van der Waals surface area contributed by atoms with Crippen molar-refractivity contribution in [2.75, 3.05) is 23.0 Å². The minimum Gasteiger partial charge on any atom is -0.497 e. The van der Waals surface area contributed by atoms with Crippen LogP contribution in [0.4, 0.5) is 11.4 Å². The number of rotatable bonds is 6. The number of anilines is 2. The Kier molecular flexibility index (Phi) is 5.92. The van der Waals surface area contributed by atoms with Crippen molar-refractivity contribution in [3.8, 4) is 5.75 Å². The van der Waals surface area contributed by atoms with Gasteiger partial charge in [0.1, 0.15) is 11.8 Å². The fourth-order valence-corrected chi connectivity index (χ4v) is 3.82. The van der Waals surface area contributed by atoms with E-state index in [0.717, 1.165) is 21.7 Å². The van der Waals surface area contributed by atoms with Gasteiger partial charge in [-0.25, -0.2) is 8.42 Å². The van der Waals surface area contributed by atoms with E-state index in [9.17, 15) is 13.2 Å². The van der Waals surface area contributed by atoms with Crippen LogP contribution in [0.5, 0.6) is 5.75 Å². The molecule has 1 N–H and O–H groups in total. The largest absolute Gasteiger partial charge is 0.497 e. The van der Waals surface area contributed by atoms with Gasteiger partial charge in [0.25, 0.3) is 0 Å². The van der Waals surface area contributed by atoms with Gasteiger partial charge in [-0.3, -0.25) is 9.10 Å². The molecule has 0 aromatic heterocycles. The third-order valence-electron chi connectivity index (χ3n) is 4.07. The first-order valence-electron chi connectivity index (χ1n) is 8.15. The van der Waals surface area contributed by atoms with Crippen molar-refractivity contribution in [2.24, 2.45) is 0 Å². The van der Waals surface area contributed by atoms with E-state index in [4.69, 9.17) is 4.74 Å². The number of sulfonamides is 1. The van der Waals surface area contributed by atoms with Gasteiger partial charge in [0.15, 0.2) is 0 Å².